The molecule has 0 aliphatic heterocycles. The lowest BCUT2D eigenvalue weighted by Gasteiger charge is -2.28. The van der Waals surface area contributed by atoms with Crippen LogP contribution in [0.4, 0.5) is 0 Å². The molecule has 1 aliphatic rings. The summed E-state index contributed by atoms with van der Waals surface area (Å²) in [5.41, 5.74) is 1.47. The molecule has 2 atom stereocenters. The number of thioether (sulfide) groups is 1. The fraction of sp³-hybridized carbons (Fsp3) is 0.571. The van der Waals surface area contributed by atoms with Crippen molar-refractivity contribution in [1.82, 2.24) is 0 Å². The van der Waals surface area contributed by atoms with E-state index >= 15 is 0 Å². The van der Waals surface area contributed by atoms with Gasteiger partial charge < -0.3 is 0 Å². The van der Waals surface area contributed by atoms with Crippen molar-refractivity contribution in [2.24, 2.45) is 5.92 Å². The molecular weight excluding hydrogens is 200 g/mol. The highest BCUT2D eigenvalue weighted by atomic mass is 32.2. The van der Waals surface area contributed by atoms with E-state index in [0.29, 0.717) is 0 Å². The standard InChI is InChI=1S/C14H20S/c1-12-7-5-6-10-14(12)15-11-13-8-3-2-4-9-13/h2-4,8-9,12,14H,5-7,10-11H2,1H3. The molecule has 0 amide bonds. The van der Waals surface area contributed by atoms with Gasteiger partial charge in [-0.3, -0.25) is 0 Å². The smallest absolute Gasteiger partial charge is 0.0187 e. The Labute approximate surface area is 97.5 Å². The third-order valence-electron chi connectivity index (χ3n) is 3.34. The fourth-order valence-electron chi connectivity index (χ4n) is 2.31. The lowest BCUT2D eigenvalue weighted by Crippen LogP contribution is -2.19. The van der Waals surface area contributed by atoms with E-state index in [1.165, 1.54) is 37.0 Å². The summed E-state index contributed by atoms with van der Waals surface area (Å²) in [7, 11) is 0. The SMILES string of the molecule is CC1CCCCC1SCc1ccccc1. The molecule has 82 valence electrons. The predicted octanol–water partition coefficient (Wildman–Crippen LogP) is 4.50. The van der Waals surface area contributed by atoms with Gasteiger partial charge in [-0.05, 0) is 24.3 Å². The molecule has 0 radical (unpaired) electrons. The Morgan fingerprint density at radius 1 is 1.13 bits per heavy atom. The van der Waals surface area contributed by atoms with Crippen LogP contribution in [0.2, 0.25) is 0 Å². The van der Waals surface area contributed by atoms with Gasteiger partial charge in [0.15, 0.2) is 0 Å². The van der Waals surface area contributed by atoms with E-state index in [9.17, 15) is 0 Å². The van der Waals surface area contributed by atoms with E-state index in [1.54, 1.807) is 0 Å². The van der Waals surface area contributed by atoms with Gasteiger partial charge in [0.2, 0.25) is 0 Å². The first-order chi connectivity index (χ1) is 7.36. The van der Waals surface area contributed by atoms with Gasteiger partial charge >= 0.3 is 0 Å². The highest BCUT2D eigenvalue weighted by Crippen LogP contribution is 2.34. The largest absolute Gasteiger partial charge is 0.154 e. The Bertz CT molecular complexity index is 281. The van der Waals surface area contributed by atoms with E-state index in [1.807, 2.05) is 0 Å². The molecular formula is C14H20S. The highest BCUT2D eigenvalue weighted by molar-refractivity contribution is 7.99. The summed E-state index contributed by atoms with van der Waals surface area (Å²) in [5.74, 6) is 2.11. The summed E-state index contributed by atoms with van der Waals surface area (Å²) in [4.78, 5) is 0. The van der Waals surface area contributed by atoms with Crippen LogP contribution >= 0.6 is 11.8 Å². The van der Waals surface area contributed by atoms with E-state index in [-0.39, 0.29) is 0 Å². The maximum atomic E-state index is 2.42. The Kier molecular flexibility index (Phi) is 4.13. The van der Waals surface area contributed by atoms with Gasteiger partial charge in [-0.25, -0.2) is 0 Å². The van der Waals surface area contributed by atoms with Crippen molar-refractivity contribution in [2.75, 3.05) is 0 Å². The number of hydrogen-bond donors (Lipinski definition) is 0. The van der Waals surface area contributed by atoms with Crippen molar-refractivity contribution >= 4 is 11.8 Å². The molecule has 1 fully saturated rings. The average molecular weight is 220 g/mol. The maximum Gasteiger partial charge on any atom is 0.0187 e. The van der Waals surface area contributed by atoms with Gasteiger partial charge in [0.1, 0.15) is 0 Å². The van der Waals surface area contributed by atoms with Crippen molar-refractivity contribution in [3.8, 4) is 0 Å². The molecule has 1 aliphatic carbocycles. The van der Waals surface area contributed by atoms with Crippen molar-refractivity contribution in [2.45, 2.75) is 43.6 Å². The molecule has 1 saturated carbocycles. The highest BCUT2D eigenvalue weighted by Gasteiger charge is 2.21. The minimum atomic E-state index is 0.902. The van der Waals surface area contributed by atoms with Gasteiger partial charge in [-0.15, -0.1) is 0 Å². The second kappa shape index (κ2) is 5.60. The van der Waals surface area contributed by atoms with Crippen LogP contribution in [0, 0.1) is 5.92 Å². The molecule has 2 unspecified atom stereocenters. The second-order valence-corrected chi connectivity index (χ2v) is 5.82. The molecule has 0 spiro atoms. The molecule has 0 aromatic heterocycles. The Balaban J connectivity index is 1.82. The summed E-state index contributed by atoms with van der Waals surface area (Å²) in [6, 6.07) is 10.8. The summed E-state index contributed by atoms with van der Waals surface area (Å²) in [6.45, 7) is 2.42. The molecule has 1 aromatic rings. The normalized spacial score (nSPS) is 26.5. The summed E-state index contributed by atoms with van der Waals surface area (Å²) >= 11 is 2.16. The van der Waals surface area contributed by atoms with Crippen LogP contribution in [0.1, 0.15) is 38.2 Å². The molecule has 15 heavy (non-hydrogen) atoms. The van der Waals surface area contributed by atoms with Gasteiger partial charge in [0.05, 0.1) is 0 Å². The zero-order chi connectivity index (χ0) is 10.5. The van der Waals surface area contributed by atoms with Gasteiger partial charge in [0, 0.05) is 11.0 Å². The molecule has 1 aromatic carbocycles. The topological polar surface area (TPSA) is 0 Å². The minimum Gasteiger partial charge on any atom is -0.154 e. The van der Waals surface area contributed by atoms with Gasteiger partial charge in [0.25, 0.3) is 0 Å². The van der Waals surface area contributed by atoms with Crippen LogP contribution in [0.15, 0.2) is 30.3 Å². The van der Waals surface area contributed by atoms with Crippen LogP contribution in [-0.2, 0) is 5.75 Å². The van der Waals surface area contributed by atoms with Gasteiger partial charge in [-0.1, -0.05) is 50.1 Å². The Morgan fingerprint density at radius 2 is 1.87 bits per heavy atom. The number of benzene rings is 1. The third-order valence-corrected chi connectivity index (χ3v) is 4.97. The lowest BCUT2D eigenvalue weighted by atomic mass is 9.90. The Morgan fingerprint density at radius 3 is 2.60 bits per heavy atom. The van der Waals surface area contributed by atoms with E-state index in [2.05, 4.69) is 49.0 Å². The van der Waals surface area contributed by atoms with Crippen molar-refractivity contribution < 1.29 is 0 Å². The van der Waals surface area contributed by atoms with Crippen LogP contribution in [0.5, 0.6) is 0 Å². The first-order valence-electron chi connectivity index (χ1n) is 6.02. The van der Waals surface area contributed by atoms with Gasteiger partial charge in [-0.2, -0.15) is 11.8 Å². The van der Waals surface area contributed by atoms with E-state index in [4.69, 9.17) is 0 Å². The quantitative estimate of drug-likeness (QED) is 0.723. The van der Waals surface area contributed by atoms with E-state index in [0.717, 1.165) is 11.2 Å². The third kappa shape index (κ3) is 3.27. The molecule has 2 rings (SSSR count). The van der Waals surface area contributed by atoms with Crippen molar-refractivity contribution in [3.05, 3.63) is 35.9 Å². The Hall–Kier alpha value is -0.430. The van der Waals surface area contributed by atoms with Crippen LogP contribution in [-0.4, -0.2) is 5.25 Å². The van der Waals surface area contributed by atoms with E-state index < -0.39 is 0 Å². The predicted molar refractivity (Wildman–Crippen MR) is 69.2 cm³/mol. The zero-order valence-corrected chi connectivity index (χ0v) is 10.3. The zero-order valence-electron chi connectivity index (χ0n) is 9.49. The molecule has 0 N–H and O–H groups in total. The minimum absolute atomic E-state index is 0.902. The second-order valence-electron chi connectivity index (χ2n) is 4.60. The number of rotatable bonds is 3. The average Bonchev–Trinajstić information content (AvgIpc) is 2.29. The van der Waals surface area contributed by atoms with Crippen LogP contribution in [0.3, 0.4) is 0 Å². The fourth-order valence-corrected chi connectivity index (χ4v) is 3.70. The summed E-state index contributed by atoms with van der Waals surface area (Å²) in [5, 5.41) is 0.902. The monoisotopic (exact) mass is 220 g/mol. The lowest BCUT2D eigenvalue weighted by molar-refractivity contribution is 0.397. The van der Waals surface area contributed by atoms with Crippen LogP contribution in [0.25, 0.3) is 0 Å². The first kappa shape index (κ1) is 11.1. The van der Waals surface area contributed by atoms with Crippen LogP contribution < -0.4 is 0 Å². The summed E-state index contributed by atoms with van der Waals surface area (Å²) < 4.78 is 0. The van der Waals surface area contributed by atoms with Crippen molar-refractivity contribution in [3.63, 3.8) is 0 Å². The molecule has 0 heterocycles. The molecule has 0 nitrogen and oxygen atoms in total. The first-order valence-corrected chi connectivity index (χ1v) is 7.06. The van der Waals surface area contributed by atoms with Crippen molar-refractivity contribution in [1.29, 1.82) is 0 Å². The maximum absolute atomic E-state index is 2.42. The molecule has 0 bridgehead atoms. The molecule has 0 saturated heterocycles. The summed E-state index contributed by atoms with van der Waals surface area (Å²) in [6.07, 6.45) is 5.76. The number of hydrogen-bond acceptors (Lipinski definition) is 1. The molecule has 1 heteroatoms.